The third-order valence-corrected chi connectivity index (χ3v) is 3.55. The first-order valence-electron chi connectivity index (χ1n) is 6.51. The number of phenols is 1. The number of carbonyl (C=O) groups is 2. The van der Waals surface area contributed by atoms with Crippen LogP contribution in [0.3, 0.4) is 0 Å². The smallest absolute Gasteiger partial charge is 0.355 e. The maximum Gasteiger partial charge on any atom is 0.355 e. The van der Waals surface area contributed by atoms with E-state index in [0.717, 1.165) is 10.8 Å². The molecule has 0 saturated heterocycles. The Labute approximate surface area is 125 Å². The zero-order valence-corrected chi connectivity index (χ0v) is 12.0. The summed E-state index contributed by atoms with van der Waals surface area (Å²) in [5.41, 5.74) is 0.794. The van der Waals surface area contributed by atoms with Crippen molar-refractivity contribution >= 4 is 33.6 Å². The molecule has 0 atom stereocenters. The van der Waals surface area contributed by atoms with E-state index in [1.807, 2.05) is 0 Å². The Balaban J connectivity index is 2.42. The topological polar surface area (TPSA) is 88.6 Å². The van der Waals surface area contributed by atoms with Gasteiger partial charge in [0.05, 0.1) is 25.3 Å². The molecule has 0 spiro atoms. The van der Waals surface area contributed by atoms with Crippen molar-refractivity contribution in [2.75, 3.05) is 14.2 Å². The molecule has 0 amide bonds. The zero-order chi connectivity index (χ0) is 15.9. The van der Waals surface area contributed by atoms with Gasteiger partial charge in [-0.3, -0.25) is 0 Å². The summed E-state index contributed by atoms with van der Waals surface area (Å²) in [6.45, 7) is 0. The van der Waals surface area contributed by atoms with Crippen molar-refractivity contribution in [3.8, 4) is 5.75 Å². The Hall–Kier alpha value is -3.02. The van der Waals surface area contributed by atoms with Crippen molar-refractivity contribution in [3.05, 3.63) is 41.6 Å². The van der Waals surface area contributed by atoms with Gasteiger partial charge in [0, 0.05) is 10.8 Å². The Kier molecular flexibility index (Phi) is 3.21. The fourth-order valence-corrected chi connectivity index (χ4v) is 2.55. The van der Waals surface area contributed by atoms with E-state index in [0.29, 0.717) is 10.9 Å². The molecule has 22 heavy (non-hydrogen) atoms. The lowest BCUT2D eigenvalue weighted by atomic mass is 10.0. The van der Waals surface area contributed by atoms with Crippen molar-refractivity contribution in [1.82, 2.24) is 4.98 Å². The first-order valence-corrected chi connectivity index (χ1v) is 6.51. The zero-order valence-electron chi connectivity index (χ0n) is 12.0. The molecule has 6 heteroatoms. The number of carbonyl (C=O) groups excluding carboxylic acids is 2. The molecule has 1 aromatic heterocycles. The minimum Gasteiger partial charge on any atom is -0.508 e. The van der Waals surface area contributed by atoms with Crippen LogP contribution in [0.15, 0.2) is 30.3 Å². The van der Waals surface area contributed by atoms with Gasteiger partial charge < -0.3 is 19.6 Å². The van der Waals surface area contributed by atoms with Gasteiger partial charge in [0.25, 0.3) is 0 Å². The fourth-order valence-electron chi connectivity index (χ4n) is 2.55. The average molecular weight is 299 g/mol. The molecule has 0 unspecified atom stereocenters. The second-order valence-electron chi connectivity index (χ2n) is 4.75. The van der Waals surface area contributed by atoms with E-state index in [9.17, 15) is 14.7 Å². The molecule has 0 saturated carbocycles. The van der Waals surface area contributed by atoms with Gasteiger partial charge in [0.2, 0.25) is 0 Å². The van der Waals surface area contributed by atoms with Crippen LogP contribution in [0.4, 0.5) is 0 Å². The minimum absolute atomic E-state index is 0.0462. The summed E-state index contributed by atoms with van der Waals surface area (Å²) >= 11 is 0. The normalized spacial score (nSPS) is 10.8. The number of fused-ring (bicyclic) bond motifs is 3. The number of methoxy groups -OCH3 is 2. The first kappa shape index (κ1) is 13.9. The van der Waals surface area contributed by atoms with Crippen molar-refractivity contribution in [2.24, 2.45) is 0 Å². The predicted octanol–water partition coefficient (Wildman–Crippen LogP) is 2.60. The van der Waals surface area contributed by atoms with Gasteiger partial charge >= 0.3 is 11.9 Å². The number of aromatic nitrogens is 1. The molecule has 0 fully saturated rings. The number of aromatic amines is 1. The first-order chi connectivity index (χ1) is 10.6. The number of aromatic hydroxyl groups is 1. The standard InChI is InChI=1S/C16H13NO5/c1-21-15(19)12-11-5-3-8-7-9(18)4-6-10(8)13(11)17-14(12)16(20)22-2/h3-7,17-18H,1-2H3. The lowest BCUT2D eigenvalue weighted by Crippen LogP contribution is -2.10. The Morgan fingerprint density at radius 2 is 1.68 bits per heavy atom. The highest BCUT2D eigenvalue weighted by atomic mass is 16.5. The van der Waals surface area contributed by atoms with E-state index >= 15 is 0 Å². The van der Waals surface area contributed by atoms with E-state index < -0.39 is 11.9 Å². The lowest BCUT2D eigenvalue weighted by molar-refractivity contribution is 0.0553. The summed E-state index contributed by atoms with van der Waals surface area (Å²) in [7, 11) is 2.49. The molecule has 1 heterocycles. The molecule has 6 nitrogen and oxygen atoms in total. The highest BCUT2D eigenvalue weighted by molar-refractivity contribution is 6.18. The van der Waals surface area contributed by atoms with Gasteiger partial charge in [-0.1, -0.05) is 12.1 Å². The predicted molar refractivity (Wildman–Crippen MR) is 80.1 cm³/mol. The summed E-state index contributed by atoms with van der Waals surface area (Å²) in [5.74, 6) is -1.13. The SMILES string of the molecule is COC(=O)c1[nH]c2c(ccc3cc(O)ccc32)c1C(=O)OC. The third kappa shape index (κ3) is 1.96. The monoisotopic (exact) mass is 299 g/mol. The molecule has 0 radical (unpaired) electrons. The van der Waals surface area contributed by atoms with Gasteiger partial charge in [-0.2, -0.15) is 0 Å². The number of rotatable bonds is 2. The number of esters is 2. The fraction of sp³-hybridized carbons (Fsp3) is 0.125. The van der Waals surface area contributed by atoms with Gasteiger partial charge in [-0.05, 0) is 23.6 Å². The Bertz CT molecular complexity index is 910. The van der Waals surface area contributed by atoms with Gasteiger partial charge in [-0.25, -0.2) is 9.59 Å². The lowest BCUT2D eigenvalue weighted by Gasteiger charge is -2.02. The van der Waals surface area contributed by atoms with Crippen LogP contribution in [0.25, 0.3) is 21.7 Å². The summed E-state index contributed by atoms with van der Waals surface area (Å²) in [6.07, 6.45) is 0. The highest BCUT2D eigenvalue weighted by Crippen LogP contribution is 2.31. The van der Waals surface area contributed by atoms with E-state index in [-0.39, 0.29) is 17.0 Å². The third-order valence-electron chi connectivity index (χ3n) is 3.55. The molecule has 0 aliphatic heterocycles. The maximum atomic E-state index is 12.0. The molecular formula is C16H13NO5. The molecule has 0 bridgehead atoms. The van der Waals surface area contributed by atoms with Crippen LogP contribution in [0, 0.1) is 0 Å². The van der Waals surface area contributed by atoms with E-state index in [1.165, 1.54) is 20.3 Å². The molecule has 3 rings (SSSR count). The van der Waals surface area contributed by atoms with Crippen molar-refractivity contribution in [2.45, 2.75) is 0 Å². The number of hydrogen-bond donors (Lipinski definition) is 2. The molecule has 112 valence electrons. The summed E-state index contributed by atoms with van der Waals surface area (Å²) < 4.78 is 9.48. The van der Waals surface area contributed by atoms with Crippen molar-refractivity contribution in [3.63, 3.8) is 0 Å². The average Bonchev–Trinajstić information content (AvgIpc) is 2.92. The maximum absolute atomic E-state index is 12.0. The van der Waals surface area contributed by atoms with E-state index in [2.05, 4.69) is 4.98 Å². The van der Waals surface area contributed by atoms with Crippen LogP contribution < -0.4 is 0 Å². The van der Waals surface area contributed by atoms with Crippen LogP contribution >= 0.6 is 0 Å². The van der Waals surface area contributed by atoms with Gasteiger partial charge in [0.15, 0.2) is 0 Å². The van der Waals surface area contributed by atoms with E-state index in [4.69, 9.17) is 9.47 Å². The van der Waals surface area contributed by atoms with Crippen molar-refractivity contribution in [1.29, 1.82) is 0 Å². The largest absolute Gasteiger partial charge is 0.508 e. The number of H-pyrrole nitrogens is 1. The van der Waals surface area contributed by atoms with E-state index in [1.54, 1.807) is 24.3 Å². The van der Waals surface area contributed by atoms with Gasteiger partial charge in [-0.15, -0.1) is 0 Å². The second-order valence-corrected chi connectivity index (χ2v) is 4.75. The number of ether oxygens (including phenoxy) is 2. The molecule has 0 aliphatic carbocycles. The molecule has 0 aliphatic rings. The number of nitrogens with one attached hydrogen (secondary N) is 1. The van der Waals surface area contributed by atoms with Crippen LogP contribution in [0.1, 0.15) is 20.8 Å². The van der Waals surface area contributed by atoms with Crippen LogP contribution in [0.2, 0.25) is 0 Å². The number of benzene rings is 2. The molecular weight excluding hydrogens is 286 g/mol. The Morgan fingerprint density at radius 3 is 2.36 bits per heavy atom. The summed E-state index contributed by atoms with van der Waals surface area (Å²) in [6, 6.07) is 8.32. The summed E-state index contributed by atoms with van der Waals surface area (Å²) in [5, 5.41) is 11.7. The van der Waals surface area contributed by atoms with Crippen molar-refractivity contribution < 1.29 is 24.2 Å². The quantitative estimate of drug-likeness (QED) is 0.710. The van der Waals surface area contributed by atoms with Crippen LogP contribution in [-0.2, 0) is 9.47 Å². The number of phenolic OH excluding ortho intramolecular Hbond substituents is 1. The van der Waals surface area contributed by atoms with Gasteiger partial charge in [0.1, 0.15) is 11.4 Å². The molecule has 3 aromatic rings. The van der Waals surface area contributed by atoms with Crippen LogP contribution in [-0.4, -0.2) is 36.2 Å². The highest BCUT2D eigenvalue weighted by Gasteiger charge is 2.25. The van der Waals surface area contributed by atoms with Crippen LogP contribution in [0.5, 0.6) is 5.75 Å². The minimum atomic E-state index is -0.650. The molecule has 2 aromatic carbocycles. The Morgan fingerprint density at radius 1 is 1.00 bits per heavy atom. The molecule has 2 N–H and O–H groups in total. The second kappa shape index (κ2) is 5.07. The summed E-state index contributed by atoms with van der Waals surface area (Å²) in [4.78, 5) is 26.9. The number of hydrogen-bond acceptors (Lipinski definition) is 5.